The lowest BCUT2D eigenvalue weighted by atomic mass is 9.77. The molecule has 1 aliphatic heterocycles. The van der Waals surface area contributed by atoms with E-state index in [0.29, 0.717) is 6.54 Å². The summed E-state index contributed by atoms with van der Waals surface area (Å²) in [6.45, 7) is 2.36. The average molecular weight is 435 g/mol. The van der Waals surface area contributed by atoms with Crippen LogP contribution in [0, 0.1) is 17.2 Å². The first kappa shape index (κ1) is 20.0. The van der Waals surface area contributed by atoms with E-state index in [-0.39, 0.29) is 11.3 Å². The molecular weight excluding hydrogens is 408 g/mol. The normalized spacial score (nSPS) is 21.9. The fourth-order valence-electron chi connectivity index (χ4n) is 5.60. The van der Waals surface area contributed by atoms with Gasteiger partial charge in [-0.25, -0.2) is 9.97 Å². The van der Waals surface area contributed by atoms with E-state index in [1.165, 1.54) is 22.4 Å². The standard InChI is InChI=1S/C27H26N6/c28-14-18-7-9-33(15-18)23-5-4-20-12-27(16-29,13-21(20)11-23)22-3-1-2-19(10-22)25-24-6-8-30-26(24)32-17-31-25/h1-6,8,10-11,17-18H,7,9,12-13,15-16,29H2,(H,30,31,32). The number of fused-ring (bicyclic) bond motifs is 2. The van der Waals surface area contributed by atoms with Gasteiger partial charge in [0.15, 0.2) is 0 Å². The summed E-state index contributed by atoms with van der Waals surface area (Å²) in [6.07, 6.45) is 6.33. The third-order valence-corrected chi connectivity index (χ3v) is 7.48. The van der Waals surface area contributed by atoms with E-state index in [9.17, 15) is 5.26 Å². The van der Waals surface area contributed by atoms with Crippen LogP contribution in [0.4, 0.5) is 5.69 Å². The van der Waals surface area contributed by atoms with Gasteiger partial charge >= 0.3 is 0 Å². The molecule has 0 saturated carbocycles. The molecule has 1 fully saturated rings. The summed E-state index contributed by atoms with van der Waals surface area (Å²) in [7, 11) is 0. The lowest BCUT2D eigenvalue weighted by Crippen LogP contribution is -2.36. The number of nitrogens with zero attached hydrogens (tertiary/aromatic N) is 4. The van der Waals surface area contributed by atoms with Crippen molar-refractivity contribution in [1.29, 1.82) is 5.26 Å². The number of nitriles is 1. The molecule has 3 N–H and O–H groups in total. The van der Waals surface area contributed by atoms with E-state index in [4.69, 9.17) is 5.73 Å². The predicted octanol–water partition coefficient (Wildman–Crippen LogP) is 3.97. The maximum absolute atomic E-state index is 9.26. The van der Waals surface area contributed by atoms with E-state index in [1.54, 1.807) is 6.33 Å². The van der Waals surface area contributed by atoms with Gasteiger partial charge in [0.25, 0.3) is 0 Å². The van der Waals surface area contributed by atoms with Crippen molar-refractivity contribution in [3.05, 3.63) is 77.7 Å². The zero-order chi connectivity index (χ0) is 22.4. The van der Waals surface area contributed by atoms with E-state index in [1.807, 2.05) is 12.3 Å². The molecule has 2 unspecified atom stereocenters. The zero-order valence-corrected chi connectivity index (χ0v) is 18.5. The Labute approximate surface area is 193 Å². The minimum absolute atomic E-state index is 0.124. The lowest BCUT2D eigenvalue weighted by Gasteiger charge is -2.28. The second kappa shape index (κ2) is 7.72. The molecule has 1 saturated heterocycles. The zero-order valence-electron chi connectivity index (χ0n) is 18.5. The Morgan fingerprint density at radius 3 is 2.88 bits per heavy atom. The maximum atomic E-state index is 9.26. The van der Waals surface area contributed by atoms with Gasteiger partial charge in [-0.05, 0) is 60.2 Å². The summed E-state index contributed by atoms with van der Waals surface area (Å²) in [5.74, 6) is 0.136. The number of aromatic amines is 1. The monoisotopic (exact) mass is 434 g/mol. The summed E-state index contributed by atoms with van der Waals surface area (Å²) < 4.78 is 0. The average Bonchev–Trinajstić information content (AvgIpc) is 3.61. The van der Waals surface area contributed by atoms with Crippen molar-refractivity contribution in [1.82, 2.24) is 15.0 Å². The molecule has 0 amide bonds. The number of rotatable bonds is 4. The van der Waals surface area contributed by atoms with Crippen molar-refractivity contribution in [3.8, 4) is 17.3 Å². The van der Waals surface area contributed by atoms with Crippen molar-refractivity contribution >= 4 is 16.7 Å². The fraction of sp³-hybridized carbons (Fsp3) is 0.296. The molecule has 1 aliphatic carbocycles. The molecule has 3 heterocycles. The minimum atomic E-state index is -0.124. The first-order valence-corrected chi connectivity index (χ1v) is 11.5. The molecular formula is C27H26N6. The van der Waals surface area contributed by atoms with E-state index >= 15 is 0 Å². The smallest absolute Gasteiger partial charge is 0.141 e. The molecule has 2 atom stereocenters. The van der Waals surface area contributed by atoms with Crippen molar-refractivity contribution in [3.63, 3.8) is 0 Å². The molecule has 0 bridgehead atoms. The Kier molecular flexibility index (Phi) is 4.67. The highest BCUT2D eigenvalue weighted by molar-refractivity contribution is 5.90. The van der Waals surface area contributed by atoms with E-state index in [2.05, 4.69) is 68.4 Å². The Morgan fingerprint density at radius 2 is 2.03 bits per heavy atom. The van der Waals surface area contributed by atoms with Crippen LogP contribution < -0.4 is 10.6 Å². The van der Waals surface area contributed by atoms with Crippen molar-refractivity contribution in [2.24, 2.45) is 11.7 Å². The van der Waals surface area contributed by atoms with E-state index < -0.39 is 0 Å². The second-order valence-electron chi connectivity index (χ2n) is 9.39. The first-order chi connectivity index (χ1) is 16.2. The van der Waals surface area contributed by atoms with Crippen LogP contribution in [0.5, 0.6) is 0 Å². The molecule has 6 rings (SSSR count). The van der Waals surface area contributed by atoms with Crippen molar-refractivity contribution in [2.75, 3.05) is 24.5 Å². The van der Waals surface area contributed by atoms with Gasteiger partial charge < -0.3 is 15.6 Å². The number of H-pyrrole nitrogens is 1. The summed E-state index contributed by atoms with van der Waals surface area (Å²) in [5, 5.41) is 10.3. The Morgan fingerprint density at radius 1 is 1.12 bits per heavy atom. The number of hydrogen-bond acceptors (Lipinski definition) is 5. The van der Waals surface area contributed by atoms with Gasteiger partial charge in [-0.15, -0.1) is 0 Å². The Hall–Kier alpha value is -3.69. The van der Waals surface area contributed by atoms with Crippen molar-refractivity contribution < 1.29 is 0 Å². The first-order valence-electron chi connectivity index (χ1n) is 11.5. The van der Waals surface area contributed by atoms with Gasteiger partial charge in [-0.3, -0.25) is 0 Å². The highest BCUT2D eigenvalue weighted by atomic mass is 15.1. The molecule has 33 heavy (non-hydrogen) atoms. The predicted molar refractivity (Wildman–Crippen MR) is 130 cm³/mol. The SMILES string of the molecule is N#CC1CCN(c2ccc3c(c2)CC(CN)(c2cccc(-c4ncnc5[nH]ccc45)c2)C3)C1. The quantitative estimate of drug-likeness (QED) is 0.507. The minimum Gasteiger partial charge on any atom is -0.370 e. The molecule has 6 nitrogen and oxygen atoms in total. The molecule has 2 aliphatic rings. The largest absolute Gasteiger partial charge is 0.370 e. The van der Waals surface area contributed by atoms with Gasteiger partial charge in [-0.2, -0.15) is 5.26 Å². The second-order valence-corrected chi connectivity index (χ2v) is 9.39. The van der Waals surface area contributed by atoms with Gasteiger partial charge in [0.2, 0.25) is 0 Å². The van der Waals surface area contributed by atoms with Gasteiger partial charge in [0.1, 0.15) is 12.0 Å². The summed E-state index contributed by atoms with van der Waals surface area (Å²) in [4.78, 5) is 14.4. The van der Waals surface area contributed by atoms with Crippen LogP contribution in [-0.2, 0) is 18.3 Å². The Balaban J connectivity index is 1.34. The molecule has 0 spiro atoms. The van der Waals surface area contributed by atoms with Crippen LogP contribution in [0.3, 0.4) is 0 Å². The summed E-state index contributed by atoms with van der Waals surface area (Å²) in [6, 6.07) is 19.9. The maximum Gasteiger partial charge on any atom is 0.141 e. The molecule has 2 aromatic carbocycles. The van der Waals surface area contributed by atoms with Gasteiger partial charge in [0.05, 0.1) is 17.7 Å². The van der Waals surface area contributed by atoms with Gasteiger partial charge in [0, 0.05) is 47.9 Å². The fourth-order valence-corrected chi connectivity index (χ4v) is 5.60. The topological polar surface area (TPSA) is 94.6 Å². The highest BCUT2D eigenvalue weighted by Gasteiger charge is 2.38. The highest BCUT2D eigenvalue weighted by Crippen LogP contribution is 2.42. The van der Waals surface area contributed by atoms with Crippen LogP contribution in [0.15, 0.2) is 61.1 Å². The summed E-state index contributed by atoms with van der Waals surface area (Å²) >= 11 is 0. The molecule has 6 heteroatoms. The van der Waals surface area contributed by atoms with Crippen LogP contribution >= 0.6 is 0 Å². The number of aromatic nitrogens is 3. The number of benzene rings is 2. The molecule has 4 aromatic rings. The van der Waals surface area contributed by atoms with Crippen LogP contribution in [0.1, 0.15) is 23.1 Å². The summed E-state index contributed by atoms with van der Waals surface area (Å²) in [5.41, 5.74) is 14.4. The number of nitrogens with two attached hydrogens (primary N) is 1. The molecule has 164 valence electrons. The third-order valence-electron chi connectivity index (χ3n) is 7.48. The number of nitrogens with one attached hydrogen (secondary N) is 1. The van der Waals surface area contributed by atoms with Crippen LogP contribution in [0.25, 0.3) is 22.3 Å². The third kappa shape index (κ3) is 3.28. The van der Waals surface area contributed by atoms with Crippen LogP contribution in [0.2, 0.25) is 0 Å². The van der Waals surface area contributed by atoms with Crippen molar-refractivity contribution in [2.45, 2.75) is 24.7 Å². The molecule has 2 aromatic heterocycles. The molecule has 0 radical (unpaired) electrons. The van der Waals surface area contributed by atoms with Crippen LogP contribution in [-0.4, -0.2) is 34.6 Å². The number of anilines is 1. The van der Waals surface area contributed by atoms with Gasteiger partial charge in [-0.1, -0.05) is 24.3 Å². The lowest BCUT2D eigenvalue weighted by molar-refractivity contribution is 0.464. The number of hydrogen-bond donors (Lipinski definition) is 2. The Bertz CT molecular complexity index is 1380. The van der Waals surface area contributed by atoms with E-state index in [0.717, 1.165) is 54.6 Å².